The number of carbonyl (C=O) groups is 3. The van der Waals surface area contributed by atoms with E-state index in [0.717, 1.165) is 0 Å². The SMILES string of the molecule is C#CCOCC1(COC(=O)ON2C(=O)CCC2=O)N=N1. The quantitative estimate of drug-likeness (QED) is 0.294. The topological polar surface area (TPSA) is 107 Å². The molecule has 0 radical (unpaired) electrons. The summed E-state index contributed by atoms with van der Waals surface area (Å²) in [5, 5.41) is 7.77. The van der Waals surface area contributed by atoms with Crippen molar-refractivity contribution in [3.8, 4) is 12.3 Å². The van der Waals surface area contributed by atoms with E-state index in [4.69, 9.17) is 15.9 Å². The minimum Gasteiger partial charge on any atom is -0.428 e. The van der Waals surface area contributed by atoms with Crippen LogP contribution in [0.15, 0.2) is 10.2 Å². The summed E-state index contributed by atoms with van der Waals surface area (Å²) in [4.78, 5) is 38.3. The molecule has 2 heterocycles. The molecule has 9 heteroatoms. The number of ether oxygens (including phenoxy) is 2. The van der Waals surface area contributed by atoms with Crippen molar-refractivity contribution in [3.63, 3.8) is 0 Å². The molecule has 0 atom stereocenters. The zero-order valence-corrected chi connectivity index (χ0v) is 10.4. The number of rotatable bonds is 6. The Kier molecular flexibility index (Phi) is 3.95. The molecule has 0 aromatic rings. The van der Waals surface area contributed by atoms with Gasteiger partial charge in [-0.15, -0.1) is 6.42 Å². The standard InChI is InChI=1S/C11H11N3O6/c1-2-5-18-6-11(12-13-11)7-19-10(17)20-14-8(15)3-4-9(14)16/h1H,3-7H2. The number of hydroxylamine groups is 2. The van der Waals surface area contributed by atoms with Gasteiger partial charge >= 0.3 is 6.16 Å². The van der Waals surface area contributed by atoms with E-state index in [1.165, 1.54) is 0 Å². The zero-order valence-electron chi connectivity index (χ0n) is 10.4. The third-order valence-corrected chi connectivity index (χ3v) is 2.49. The Labute approximate surface area is 113 Å². The highest BCUT2D eigenvalue weighted by molar-refractivity contribution is 6.01. The Bertz CT molecular complexity index is 487. The minimum atomic E-state index is -1.18. The summed E-state index contributed by atoms with van der Waals surface area (Å²) >= 11 is 0. The summed E-state index contributed by atoms with van der Waals surface area (Å²) in [6.07, 6.45) is 3.86. The maximum atomic E-state index is 11.3. The van der Waals surface area contributed by atoms with E-state index in [1.54, 1.807) is 0 Å². The lowest BCUT2D eigenvalue weighted by atomic mass is 10.3. The minimum absolute atomic E-state index is 0.0145. The normalized spacial score (nSPS) is 18.9. The highest BCUT2D eigenvalue weighted by Crippen LogP contribution is 2.28. The van der Waals surface area contributed by atoms with Crippen LogP contribution in [0.5, 0.6) is 0 Å². The number of nitrogens with zero attached hydrogens (tertiary/aromatic N) is 3. The van der Waals surface area contributed by atoms with Crippen molar-refractivity contribution in [3.05, 3.63) is 0 Å². The van der Waals surface area contributed by atoms with E-state index < -0.39 is 23.6 Å². The van der Waals surface area contributed by atoms with Gasteiger partial charge in [-0.25, -0.2) is 4.79 Å². The molecule has 2 rings (SSSR count). The van der Waals surface area contributed by atoms with Crippen molar-refractivity contribution in [1.29, 1.82) is 0 Å². The van der Waals surface area contributed by atoms with Crippen LogP contribution in [-0.2, 0) is 23.9 Å². The lowest BCUT2D eigenvalue weighted by Crippen LogP contribution is -2.34. The van der Waals surface area contributed by atoms with Gasteiger partial charge in [0.25, 0.3) is 11.8 Å². The van der Waals surface area contributed by atoms with Crippen molar-refractivity contribution < 1.29 is 28.7 Å². The molecule has 1 fully saturated rings. The molecule has 106 valence electrons. The molecule has 2 aliphatic rings. The second-order valence-corrected chi connectivity index (χ2v) is 4.09. The van der Waals surface area contributed by atoms with Crippen LogP contribution in [-0.4, -0.2) is 48.5 Å². The van der Waals surface area contributed by atoms with Crippen LogP contribution in [0.1, 0.15) is 12.8 Å². The molecule has 0 N–H and O–H groups in total. The van der Waals surface area contributed by atoms with Crippen molar-refractivity contribution in [2.75, 3.05) is 19.8 Å². The molecule has 0 spiro atoms. The third kappa shape index (κ3) is 3.30. The number of hydrogen-bond donors (Lipinski definition) is 0. The molecule has 0 aromatic carbocycles. The average Bonchev–Trinajstić information content (AvgIpc) is 3.13. The van der Waals surface area contributed by atoms with Gasteiger partial charge < -0.3 is 9.47 Å². The van der Waals surface area contributed by atoms with Gasteiger partial charge in [0, 0.05) is 12.8 Å². The fourth-order valence-corrected chi connectivity index (χ4v) is 1.43. The Morgan fingerprint density at radius 1 is 1.30 bits per heavy atom. The smallest absolute Gasteiger partial charge is 0.428 e. The van der Waals surface area contributed by atoms with E-state index in [-0.39, 0.29) is 32.7 Å². The summed E-state index contributed by atoms with van der Waals surface area (Å²) in [5.41, 5.74) is -0.963. The van der Waals surface area contributed by atoms with Crippen LogP contribution < -0.4 is 0 Å². The molecule has 2 aliphatic heterocycles. The predicted octanol–water partition coefficient (Wildman–Crippen LogP) is 0.0155. The van der Waals surface area contributed by atoms with Gasteiger partial charge in [-0.3, -0.25) is 14.4 Å². The molecular formula is C11H11N3O6. The molecule has 20 heavy (non-hydrogen) atoms. The van der Waals surface area contributed by atoms with Gasteiger partial charge in [0.15, 0.2) is 0 Å². The maximum absolute atomic E-state index is 11.3. The molecule has 0 saturated carbocycles. The first kappa shape index (κ1) is 14.0. The van der Waals surface area contributed by atoms with Crippen LogP contribution >= 0.6 is 0 Å². The van der Waals surface area contributed by atoms with E-state index in [2.05, 4.69) is 21.0 Å². The van der Waals surface area contributed by atoms with Gasteiger partial charge in [-0.2, -0.15) is 10.2 Å². The van der Waals surface area contributed by atoms with Crippen molar-refractivity contribution in [1.82, 2.24) is 5.06 Å². The van der Waals surface area contributed by atoms with Gasteiger partial charge in [0.1, 0.15) is 19.8 Å². The summed E-state index contributed by atoms with van der Waals surface area (Å²) in [7, 11) is 0. The highest BCUT2D eigenvalue weighted by atomic mass is 16.8. The van der Waals surface area contributed by atoms with E-state index in [9.17, 15) is 14.4 Å². The lowest BCUT2D eigenvalue weighted by Gasteiger charge is -2.14. The molecular weight excluding hydrogens is 270 g/mol. The number of carbonyl (C=O) groups excluding carboxylic acids is 3. The second-order valence-electron chi connectivity index (χ2n) is 4.09. The first-order chi connectivity index (χ1) is 9.56. The van der Waals surface area contributed by atoms with Crippen LogP contribution in [0.3, 0.4) is 0 Å². The number of amides is 2. The first-order valence-electron chi connectivity index (χ1n) is 5.72. The molecule has 9 nitrogen and oxygen atoms in total. The molecule has 0 unspecified atom stereocenters. The van der Waals surface area contributed by atoms with Gasteiger partial charge in [0.2, 0.25) is 5.66 Å². The third-order valence-electron chi connectivity index (χ3n) is 2.49. The zero-order chi connectivity index (χ0) is 14.6. The fourth-order valence-electron chi connectivity index (χ4n) is 1.43. The largest absolute Gasteiger partial charge is 0.534 e. The van der Waals surface area contributed by atoms with Gasteiger partial charge in [-0.1, -0.05) is 11.0 Å². The predicted molar refractivity (Wildman–Crippen MR) is 60.8 cm³/mol. The Morgan fingerprint density at radius 3 is 2.50 bits per heavy atom. The Balaban J connectivity index is 1.72. The summed E-state index contributed by atoms with van der Waals surface area (Å²) < 4.78 is 9.77. The monoisotopic (exact) mass is 281 g/mol. The highest BCUT2D eigenvalue weighted by Gasteiger charge is 2.43. The molecule has 0 aliphatic carbocycles. The summed E-state index contributed by atoms with van der Waals surface area (Å²) in [5.74, 6) is 1.10. The van der Waals surface area contributed by atoms with Crippen LogP contribution in [0.25, 0.3) is 0 Å². The van der Waals surface area contributed by atoms with Crippen LogP contribution in [0, 0.1) is 12.3 Å². The van der Waals surface area contributed by atoms with E-state index >= 15 is 0 Å². The van der Waals surface area contributed by atoms with Crippen LogP contribution in [0.2, 0.25) is 0 Å². The van der Waals surface area contributed by atoms with E-state index in [0.29, 0.717) is 5.06 Å². The van der Waals surface area contributed by atoms with Gasteiger partial charge in [-0.05, 0) is 0 Å². The van der Waals surface area contributed by atoms with Crippen LogP contribution in [0.4, 0.5) is 4.79 Å². The fraction of sp³-hybridized carbons (Fsp3) is 0.545. The second kappa shape index (κ2) is 5.66. The van der Waals surface area contributed by atoms with Gasteiger partial charge in [0.05, 0.1) is 0 Å². The lowest BCUT2D eigenvalue weighted by molar-refractivity contribution is -0.177. The van der Waals surface area contributed by atoms with Crippen molar-refractivity contribution >= 4 is 18.0 Å². The number of terminal acetylenes is 1. The molecule has 2 amide bonds. The maximum Gasteiger partial charge on any atom is 0.534 e. The molecule has 0 aromatic heterocycles. The first-order valence-corrected chi connectivity index (χ1v) is 5.72. The van der Waals surface area contributed by atoms with E-state index in [1.807, 2.05) is 0 Å². The number of hydrogen-bond acceptors (Lipinski definition) is 8. The summed E-state index contributed by atoms with van der Waals surface area (Å²) in [6.45, 7) is -0.0489. The van der Waals surface area contributed by atoms with Crippen molar-refractivity contribution in [2.45, 2.75) is 18.5 Å². The molecule has 0 bridgehead atoms. The molecule has 1 saturated heterocycles. The van der Waals surface area contributed by atoms with Crippen molar-refractivity contribution in [2.24, 2.45) is 10.2 Å². The average molecular weight is 281 g/mol. The Hall–Kier alpha value is -2.47. The number of imide groups is 1. The Morgan fingerprint density at radius 2 is 1.95 bits per heavy atom. The summed E-state index contributed by atoms with van der Waals surface area (Å²) in [6, 6.07) is 0.